The van der Waals surface area contributed by atoms with Gasteiger partial charge in [0.2, 0.25) is 0 Å². The van der Waals surface area contributed by atoms with Gasteiger partial charge in [0.25, 0.3) is 0 Å². The molecule has 5 nitrogen and oxygen atoms in total. The summed E-state index contributed by atoms with van der Waals surface area (Å²) in [7, 11) is 3.18. The highest BCUT2D eigenvalue weighted by Gasteiger charge is 2.29. The zero-order valence-corrected chi connectivity index (χ0v) is 18.2. The highest BCUT2D eigenvalue weighted by molar-refractivity contribution is 14.0. The van der Waals surface area contributed by atoms with Gasteiger partial charge in [-0.1, -0.05) is 30.3 Å². The molecule has 1 saturated heterocycles. The van der Waals surface area contributed by atoms with E-state index in [4.69, 9.17) is 0 Å². The fourth-order valence-electron chi connectivity index (χ4n) is 3.04. The van der Waals surface area contributed by atoms with Crippen molar-refractivity contribution in [3.8, 4) is 0 Å². The van der Waals surface area contributed by atoms with Crippen LogP contribution < -0.4 is 5.32 Å². The standard InChI is InChI=1S/C18H28F3N5.HI/c1-22-17(23-8-9-24(2)15-18(19,20)21)26-12-10-25(11-13-26)14-16-6-4-3-5-7-16;/h3-7H,8-15H2,1-2H3,(H,22,23);1H. The van der Waals surface area contributed by atoms with Crippen molar-refractivity contribution in [3.05, 3.63) is 35.9 Å². The third-order valence-corrected chi connectivity index (χ3v) is 4.36. The van der Waals surface area contributed by atoms with E-state index in [0.29, 0.717) is 13.1 Å². The summed E-state index contributed by atoms with van der Waals surface area (Å²) in [6.07, 6.45) is -4.16. The van der Waals surface area contributed by atoms with E-state index in [2.05, 4.69) is 32.2 Å². The summed E-state index contributed by atoms with van der Waals surface area (Å²) in [6.45, 7) is 4.35. The molecule has 1 aromatic rings. The van der Waals surface area contributed by atoms with Crippen molar-refractivity contribution in [3.63, 3.8) is 0 Å². The molecule has 0 aliphatic carbocycles. The number of halogens is 4. The Morgan fingerprint density at radius 3 is 2.33 bits per heavy atom. The number of guanidine groups is 1. The topological polar surface area (TPSA) is 34.1 Å². The van der Waals surface area contributed by atoms with Gasteiger partial charge in [0, 0.05) is 52.9 Å². The lowest BCUT2D eigenvalue weighted by molar-refractivity contribution is -0.142. The average Bonchev–Trinajstić information content (AvgIpc) is 2.59. The molecule has 0 aromatic heterocycles. The van der Waals surface area contributed by atoms with Crippen molar-refractivity contribution in [1.29, 1.82) is 0 Å². The van der Waals surface area contributed by atoms with E-state index in [1.165, 1.54) is 17.5 Å². The second-order valence-corrected chi connectivity index (χ2v) is 6.58. The molecule has 0 radical (unpaired) electrons. The van der Waals surface area contributed by atoms with Crippen LogP contribution in [0.25, 0.3) is 0 Å². The largest absolute Gasteiger partial charge is 0.401 e. The highest BCUT2D eigenvalue weighted by Crippen LogP contribution is 2.15. The summed E-state index contributed by atoms with van der Waals surface area (Å²) in [5.41, 5.74) is 1.30. The number of rotatable bonds is 6. The zero-order chi connectivity index (χ0) is 19.0. The Bertz CT molecular complexity index is 560. The number of hydrogen-bond acceptors (Lipinski definition) is 3. The maximum absolute atomic E-state index is 12.3. The normalized spacial score (nSPS) is 16.4. The SMILES string of the molecule is CN=C(NCCN(C)CC(F)(F)F)N1CCN(Cc2ccccc2)CC1.I. The minimum atomic E-state index is -4.16. The average molecular weight is 499 g/mol. The third-order valence-electron chi connectivity index (χ3n) is 4.36. The van der Waals surface area contributed by atoms with Gasteiger partial charge in [-0.3, -0.25) is 14.8 Å². The molecule has 9 heteroatoms. The van der Waals surface area contributed by atoms with E-state index < -0.39 is 12.7 Å². The van der Waals surface area contributed by atoms with E-state index in [9.17, 15) is 13.2 Å². The molecule has 154 valence electrons. The molecule has 0 saturated carbocycles. The Balaban J connectivity index is 0.00000364. The number of likely N-dealkylation sites (N-methyl/N-ethyl adjacent to an activating group) is 1. The third kappa shape index (κ3) is 9.11. The number of alkyl halides is 3. The zero-order valence-electron chi connectivity index (χ0n) is 15.9. The van der Waals surface area contributed by atoms with Gasteiger partial charge < -0.3 is 10.2 Å². The Morgan fingerprint density at radius 2 is 1.78 bits per heavy atom. The van der Waals surface area contributed by atoms with Gasteiger partial charge in [-0.25, -0.2) is 0 Å². The molecule has 0 unspecified atom stereocenters. The number of nitrogens with one attached hydrogen (secondary N) is 1. The second-order valence-electron chi connectivity index (χ2n) is 6.58. The van der Waals surface area contributed by atoms with Gasteiger partial charge in [-0.15, -0.1) is 24.0 Å². The molecule has 1 aliphatic heterocycles. The maximum atomic E-state index is 12.3. The van der Waals surface area contributed by atoms with Crippen LogP contribution in [-0.4, -0.2) is 86.7 Å². The van der Waals surface area contributed by atoms with E-state index in [1.54, 1.807) is 7.05 Å². The van der Waals surface area contributed by atoms with Crippen molar-refractivity contribution < 1.29 is 13.2 Å². The van der Waals surface area contributed by atoms with Gasteiger partial charge in [0.1, 0.15) is 0 Å². The van der Waals surface area contributed by atoms with E-state index in [0.717, 1.165) is 38.7 Å². The Labute approximate surface area is 176 Å². The van der Waals surface area contributed by atoms with Gasteiger partial charge in [-0.2, -0.15) is 13.2 Å². The summed E-state index contributed by atoms with van der Waals surface area (Å²) in [4.78, 5) is 10.1. The number of aliphatic imine (C=N–C) groups is 1. The van der Waals surface area contributed by atoms with Crippen LogP contribution >= 0.6 is 24.0 Å². The summed E-state index contributed by atoms with van der Waals surface area (Å²) >= 11 is 0. The maximum Gasteiger partial charge on any atom is 0.401 e. The van der Waals surface area contributed by atoms with Crippen LogP contribution in [-0.2, 0) is 6.54 Å². The van der Waals surface area contributed by atoms with Crippen molar-refractivity contribution in [2.24, 2.45) is 4.99 Å². The quantitative estimate of drug-likeness (QED) is 0.371. The fourth-order valence-corrected chi connectivity index (χ4v) is 3.04. The molecule has 0 amide bonds. The first-order valence-electron chi connectivity index (χ1n) is 8.84. The lowest BCUT2D eigenvalue weighted by Gasteiger charge is -2.36. The molecule has 1 aliphatic rings. The molecule has 0 atom stereocenters. The molecule has 1 aromatic carbocycles. The van der Waals surface area contributed by atoms with Gasteiger partial charge in [0.15, 0.2) is 5.96 Å². The van der Waals surface area contributed by atoms with Crippen molar-refractivity contribution in [2.45, 2.75) is 12.7 Å². The van der Waals surface area contributed by atoms with Crippen molar-refractivity contribution in [2.75, 3.05) is 59.9 Å². The monoisotopic (exact) mass is 499 g/mol. The first kappa shape index (κ1) is 24.0. The van der Waals surface area contributed by atoms with Crippen molar-refractivity contribution >= 4 is 29.9 Å². The van der Waals surface area contributed by atoms with Gasteiger partial charge in [0.05, 0.1) is 6.54 Å². The van der Waals surface area contributed by atoms with Crippen molar-refractivity contribution in [1.82, 2.24) is 20.0 Å². The summed E-state index contributed by atoms with van der Waals surface area (Å²) in [6, 6.07) is 10.4. The molecule has 0 bridgehead atoms. The van der Waals surface area contributed by atoms with Crippen LogP contribution in [0.3, 0.4) is 0 Å². The predicted octanol–water partition coefficient (Wildman–Crippen LogP) is 2.49. The van der Waals surface area contributed by atoms with Crippen LogP contribution in [0.4, 0.5) is 13.2 Å². The van der Waals surface area contributed by atoms with Crippen LogP contribution in [0.2, 0.25) is 0 Å². The second kappa shape index (κ2) is 11.7. The summed E-state index contributed by atoms with van der Waals surface area (Å²) in [5.74, 6) is 0.754. The van der Waals surface area contributed by atoms with Crippen LogP contribution in [0, 0.1) is 0 Å². The first-order valence-corrected chi connectivity index (χ1v) is 8.84. The molecule has 1 fully saturated rings. The van der Waals surface area contributed by atoms with E-state index in [1.807, 2.05) is 18.2 Å². The predicted molar refractivity (Wildman–Crippen MR) is 114 cm³/mol. The van der Waals surface area contributed by atoms with Crippen LogP contribution in [0.5, 0.6) is 0 Å². The molecule has 0 spiro atoms. The van der Waals surface area contributed by atoms with Gasteiger partial charge >= 0.3 is 6.18 Å². The molecule has 1 N–H and O–H groups in total. The molecular formula is C18H29F3IN5. The lowest BCUT2D eigenvalue weighted by atomic mass is 10.2. The number of benzene rings is 1. The lowest BCUT2D eigenvalue weighted by Crippen LogP contribution is -2.53. The summed E-state index contributed by atoms with van der Waals surface area (Å²) < 4.78 is 37.0. The summed E-state index contributed by atoms with van der Waals surface area (Å²) in [5, 5.41) is 3.17. The molecular weight excluding hydrogens is 470 g/mol. The Kier molecular flexibility index (Phi) is 10.4. The highest BCUT2D eigenvalue weighted by atomic mass is 127. The first-order chi connectivity index (χ1) is 12.4. The number of hydrogen-bond donors (Lipinski definition) is 1. The smallest absolute Gasteiger partial charge is 0.355 e. The fraction of sp³-hybridized carbons (Fsp3) is 0.611. The van der Waals surface area contributed by atoms with E-state index in [-0.39, 0.29) is 24.0 Å². The number of nitrogens with zero attached hydrogens (tertiary/aromatic N) is 4. The molecule has 27 heavy (non-hydrogen) atoms. The van der Waals surface area contributed by atoms with Crippen LogP contribution in [0.1, 0.15) is 5.56 Å². The Morgan fingerprint density at radius 1 is 1.15 bits per heavy atom. The number of piperazine rings is 1. The van der Waals surface area contributed by atoms with Gasteiger partial charge in [-0.05, 0) is 12.6 Å². The van der Waals surface area contributed by atoms with E-state index >= 15 is 0 Å². The van der Waals surface area contributed by atoms with Crippen LogP contribution in [0.15, 0.2) is 35.3 Å². The minimum absolute atomic E-state index is 0. The Hall–Kier alpha value is -1.07. The molecule has 2 rings (SSSR count). The molecule has 1 heterocycles. The minimum Gasteiger partial charge on any atom is -0.355 e.